The van der Waals surface area contributed by atoms with Gasteiger partial charge in [-0.1, -0.05) is 0 Å². The molecule has 0 aliphatic carbocycles. The maximum absolute atomic E-state index is 13.6. The summed E-state index contributed by atoms with van der Waals surface area (Å²) in [6.45, 7) is 5.49. The van der Waals surface area contributed by atoms with Crippen LogP contribution in [0, 0.1) is 26.6 Å². The number of hydrazine groups is 1. The van der Waals surface area contributed by atoms with E-state index in [1.807, 2.05) is 13.8 Å². The maximum Gasteiger partial charge on any atom is 0.148 e. The summed E-state index contributed by atoms with van der Waals surface area (Å²) in [6, 6.07) is 3.13. The van der Waals surface area contributed by atoms with Crippen molar-refractivity contribution in [3.05, 3.63) is 39.4 Å². The first-order valence-corrected chi connectivity index (χ1v) is 6.76. The van der Waals surface area contributed by atoms with Crippen molar-refractivity contribution in [2.45, 2.75) is 20.8 Å². The summed E-state index contributed by atoms with van der Waals surface area (Å²) in [5, 5.41) is 3.12. The van der Waals surface area contributed by atoms with Gasteiger partial charge >= 0.3 is 0 Å². The van der Waals surface area contributed by atoms with Gasteiger partial charge in [0.25, 0.3) is 0 Å². The number of halogens is 2. The number of aromatic nitrogens is 2. The molecule has 0 aliphatic heterocycles. The van der Waals surface area contributed by atoms with Gasteiger partial charge in [-0.15, -0.1) is 0 Å². The minimum Gasteiger partial charge on any atom is -0.340 e. The lowest BCUT2D eigenvalue weighted by atomic mass is 10.2. The Morgan fingerprint density at radius 3 is 2.45 bits per heavy atom. The largest absolute Gasteiger partial charge is 0.340 e. The van der Waals surface area contributed by atoms with E-state index in [2.05, 4.69) is 36.6 Å². The third-order valence-electron chi connectivity index (χ3n) is 2.91. The highest BCUT2D eigenvalue weighted by atomic mass is 79.9. The van der Waals surface area contributed by atoms with Gasteiger partial charge in [0.1, 0.15) is 23.3 Å². The Morgan fingerprint density at radius 1 is 1.15 bits per heavy atom. The lowest BCUT2D eigenvalue weighted by Gasteiger charge is -2.14. The molecule has 0 atom stereocenters. The summed E-state index contributed by atoms with van der Waals surface area (Å²) in [7, 11) is 0. The number of hydrogen-bond acceptors (Lipinski definition) is 5. The first-order valence-electron chi connectivity index (χ1n) is 5.97. The minimum atomic E-state index is -0.335. The van der Waals surface area contributed by atoms with E-state index >= 15 is 0 Å². The van der Waals surface area contributed by atoms with E-state index in [4.69, 9.17) is 5.84 Å². The summed E-state index contributed by atoms with van der Waals surface area (Å²) in [5.74, 6) is 6.79. The van der Waals surface area contributed by atoms with Crippen LogP contribution >= 0.6 is 15.9 Å². The Morgan fingerprint density at radius 2 is 1.80 bits per heavy atom. The van der Waals surface area contributed by atoms with Crippen LogP contribution in [0.2, 0.25) is 0 Å². The van der Waals surface area contributed by atoms with Gasteiger partial charge < -0.3 is 10.7 Å². The van der Waals surface area contributed by atoms with Crippen molar-refractivity contribution in [2.24, 2.45) is 5.84 Å². The lowest BCUT2D eigenvalue weighted by Crippen LogP contribution is -2.13. The average Bonchev–Trinajstić information content (AvgIpc) is 2.39. The van der Waals surface area contributed by atoms with Crippen molar-refractivity contribution in [1.82, 2.24) is 9.97 Å². The van der Waals surface area contributed by atoms with Crippen LogP contribution in [0.15, 0.2) is 16.6 Å². The molecule has 1 aromatic heterocycles. The first-order chi connectivity index (χ1) is 9.42. The van der Waals surface area contributed by atoms with Crippen LogP contribution in [0.1, 0.15) is 17.0 Å². The van der Waals surface area contributed by atoms with Crippen molar-refractivity contribution in [2.75, 3.05) is 10.7 Å². The van der Waals surface area contributed by atoms with Gasteiger partial charge in [-0.3, -0.25) is 0 Å². The van der Waals surface area contributed by atoms with Crippen LogP contribution in [-0.4, -0.2) is 9.97 Å². The Bertz CT molecular complexity index is 660. The topological polar surface area (TPSA) is 75.9 Å². The molecule has 0 spiro atoms. The van der Waals surface area contributed by atoms with Crippen molar-refractivity contribution < 1.29 is 4.39 Å². The molecule has 0 bridgehead atoms. The average molecular weight is 340 g/mol. The molecule has 0 radical (unpaired) electrons. The van der Waals surface area contributed by atoms with E-state index in [0.29, 0.717) is 27.6 Å². The summed E-state index contributed by atoms with van der Waals surface area (Å²) in [6.07, 6.45) is 0. The second-order valence-electron chi connectivity index (χ2n) is 4.44. The second-order valence-corrected chi connectivity index (χ2v) is 5.30. The molecule has 0 saturated carbocycles. The zero-order chi connectivity index (χ0) is 14.9. The molecule has 2 aromatic rings. The zero-order valence-corrected chi connectivity index (χ0v) is 13.0. The molecular weight excluding hydrogens is 325 g/mol. The van der Waals surface area contributed by atoms with E-state index in [9.17, 15) is 4.39 Å². The fourth-order valence-corrected chi connectivity index (χ4v) is 2.26. The number of hydrogen-bond donors (Lipinski definition) is 3. The molecule has 4 N–H and O–H groups in total. The fraction of sp³-hybridized carbons (Fsp3) is 0.231. The highest BCUT2D eigenvalue weighted by Crippen LogP contribution is 2.28. The monoisotopic (exact) mass is 339 g/mol. The molecule has 7 heteroatoms. The third kappa shape index (κ3) is 2.88. The van der Waals surface area contributed by atoms with Crippen molar-refractivity contribution in [3.8, 4) is 0 Å². The molecule has 20 heavy (non-hydrogen) atoms. The molecule has 5 nitrogen and oxygen atoms in total. The molecule has 1 heterocycles. The van der Waals surface area contributed by atoms with Crippen LogP contribution in [0.25, 0.3) is 0 Å². The summed E-state index contributed by atoms with van der Waals surface area (Å²) in [4.78, 5) is 8.50. The van der Waals surface area contributed by atoms with Crippen molar-refractivity contribution in [3.63, 3.8) is 0 Å². The normalized spacial score (nSPS) is 10.5. The van der Waals surface area contributed by atoms with Gasteiger partial charge in [0, 0.05) is 11.3 Å². The smallest absolute Gasteiger partial charge is 0.148 e. The zero-order valence-electron chi connectivity index (χ0n) is 11.4. The number of nitrogens with one attached hydrogen (secondary N) is 2. The second kappa shape index (κ2) is 5.72. The van der Waals surface area contributed by atoms with Crippen molar-refractivity contribution in [1.29, 1.82) is 0 Å². The summed E-state index contributed by atoms with van der Waals surface area (Å²) >= 11 is 3.16. The number of nitrogens with zero attached hydrogens (tertiary/aromatic N) is 2. The molecule has 0 fully saturated rings. The lowest BCUT2D eigenvalue weighted by molar-refractivity contribution is 0.621. The van der Waals surface area contributed by atoms with E-state index in [-0.39, 0.29) is 5.82 Å². The van der Waals surface area contributed by atoms with E-state index < -0.39 is 0 Å². The fourth-order valence-electron chi connectivity index (χ4n) is 1.80. The van der Waals surface area contributed by atoms with Gasteiger partial charge in [-0.05, 0) is 54.4 Å². The molecule has 106 valence electrons. The first kappa shape index (κ1) is 14.7. The summed E-state index contributed by atoms with van der Waals surface area (Å²) in [5.41, 5.74) is 4.84. The molecule has 0 amide bonds. The minimum absolute atomic E-state index is 0.335. The van der Waals surface area contributed by atoms with Gasteiger partial charge in [0.15, 0.2) is 0 Å². The molecule has 0 aliphatic rings. The Labute approximate surface area is 124 Å². The van der Waals surface area contributed by atoms with Crippen LogP contribution in [0.5, 0.6) is 0 Å². The van der Waals surface area contributed by atoms with Gasteiger partial charge in [0.05, 0.1) is 4.47 Å². The number of aryl methyl sites for hydroxylation is 2. The quantitative estimate of drug-likeness (QED) is 0.590. The van der Waals surface area contributed by atoms with E-state index in [1.54, 1.807) is 13.0 Å². The molecular formula is C13H15BrFN5. The predicted octanol–water partition coefficient (Wildman–Crippen LogP) is 3.33. The van der Waals surface area contributed by atoms with E-state index in [1.165, 1.54) is 6.07 Å². The maximum atomic E-state index is 13.6. The van der Waals surface area contributed by atoms with Crippen LogP contribution in [0.4, 0.5) is 21.7 Å². The Kier molecular flexibility index (Phi) is 4.20. The highest BCUT2D eigenvalue weighted by Gasteiger charge is 2.11. The van der Waals surface area contributed by atoms with Gasteiger partial charge in [0.2, 0.25) is 0 Å². The SMILES string of the molecule is Cc1nc(NN)c(C)c(Nc2cc(F)c(Br)cc2C)n1. The summed E-state index contributed by atoms with van der Waals surface area (Å²) < 4.78 is 14.1. The standard InChI is InChI=1S/C13H15BrFN5/c1-6-4-9(14)10(15)5-11(6)19-12-7(2)13(20-16)18-8(3)17-12/h4-5H,16H2,1-3H3,(H2,17,18,19,20). The van der Waals surface area contributed by atoms with E-state index in [0.717, 1.165) is 11.1 Å². The van der Waals surface area contributed by atoms with Crippen LogP contribution < -0.4 is 16.6 Å². The van der Waals surface area contributed by atoms with Crippen molar-refractivity contribution >= 4 is 33.3 Å². The van der Waals surface area contributed by atoms with Gasteiger partial charge in [-0.25, -0.2) is 20.2 Å². The molecule has 1 aromatic carbocycles. The number of anilines is 3. The molecule has 2 rings (SSSR count). The van der Waals surface area contributed by atoms with Crippen LogP contribution in [0.3, 0.4) is 0 Å². The molecule has 0 saturated heterocycles. The Balaban J connectivity index is 2.45. The number of rotatable bonds is 3. The number of nitrogen functional groups attached to an aromatic ring is 1. The van der Waals surface area contributed by atoms with Gasteiger partial charge in [-0.2, -0.15) is 0 Å². The Hall–Kier alpha value is -1.73. The molecule has 0 unspecified atom stereocenters. The third-order valence-corrected chi connectivity index (χ3v) is 3.52. The highest BCUT2D eigenvalue weighted by molar-refractivity contribution is 9.10. The number of nitrogens with two attached hydrogens (primary N) is 1. The number of benzene rings is 1. The van der Waals surface area contributed by atoms with Crippen LogP contribution in [-0.2, 0) is 0 Å². The predicted molar refractivity (Wildman–Crippen MR) is 81.4 cm³/mol.